The van der Waals surface area contributed by atoms with E-state index in [4.69, 9.17) is 4.74 Å². The Morgan fingerprint density at radius 3 is 2.30 bits per heavy atom. The molecule has 0 aliphatic carbocycles. The highest BCUT2D eigenvalue weighted by atomic mass is 16.5. The summed E-state index contributed by atoms with van der Waals surface area (Å²) in [5.74, 6) is -2.12. The average molecular weight is 450 g/mol. The Morgan fingerprint density at radius 1 is 0.939 bits per heavy atom. The maximum atomic E-state index is 12.7. The van der Waals surface area contributed by atoms with Gasteiger partial charge in [0.15, 0.2) is 6.61 Å². The molecule has 2 aromatic rings. The van der Waals surface area contributed by atoms with Crippen molar-refractivity contribution in [1.29, 1.82) is 0 Å². The first-order valence-corrected chi connectivity index (χ1v) is 11.0. The monoisotopic (exact) mass is 449 g/mol. The SMILES string of the molecule is Cc1ccc2c(c1)C(=O)N(C(C)C(=O)OCC(=O)N1CCN(Cc3ccccc3)CC1)C2=O. The average Bonchev–Trinajstić information content (AvgIpc) is 3.07. The van der Waals surface area contributed by atoms with Crippen LogP contribution in [0.3, 0.4) is 0 Å². The van der Waals surface area contributed by atoms with Crippen molar-refractivity contribution >= 4 is 23.7 Å². The maximum Gasteiger partial charge on any atom is 0.329 e. The van der Waals surface area contributed by atoms with Crippen LogP contribution in [0.2, 0.25) is 0 Å². The molecule has 2 aliphatic heterocycles. The van der Waals surface area contributed by atoms with Gasteiger partial charge >= 0.3 is 5.97 Å². The molecule has 0 saturated carbocycles. The zero-order chi connectivity index (χ0) is 23.5. The van der Waals surface area contributed by atoms with Gasteiger partial charge in [-0.1, -0.05) is 42.0 Å². The predicted molar refractivity (Wildman–Crippen MR) is 120 cm³/mol. The zero-order valence-corrected chi connectivity index (χ0v) is 18.8. The van der Waals surface area contributed by atoms with Gasteiger partial charge in [-0.2, -0.15) is 0 Å². The van der Waals surface area contributed by atoms with Gasteiger partial charge in [0.1, 0.15) is 6.04 Å². The number of carbonyl (C=O) groups is 4. The van der Waals surface area contributed by atoms with Crippen LogP contribution in [0.4, 0.5) is 0 Å². The lowest BCUT2D eigenvalue weighted by Crippen LogP contribution is -2.50. The predicted octanol–water partition coefficient (Wildman–Crippen LogP) is 1.87. The first-order chi connectivity index (χ1) is 15.8. The topological polar surface area (TPSA) is 87.2 Å². The third-order valence-electron chi connectivity index (χ3n) is 6.11. The number of nitrogens with zero attached hydrogens (tertiary/aromatic N) is 3. The largest absolute Gasteiger partial charge is 0.454 e. The molecule has 0 radical (unpaired) electrons. The summed E-state index contributed by atoms with van der Waals surface area (Å²) >= 11 is 0. The summed E-state index contributed by atoms with van der Waals surface area (Å²) in [5.41, 5.74) is 2.63. The number of carbonyl (C=O) groups excluding carboxylic acids is 4. The lowest BCUT2D eigenvalue weighted by molar-refractivity contribution is -0.155. The van der Waals surface area contributed by atoms with E-state index in [0.29, 0.717) is 13.1 Å². The van der Waals surface area contributed by atoms with Gasteiger partial charge in [0.25, 0.3) is 17.7 Å². The molecule has 1 unspecified atom stereocenters. The van der Waals surface area contributed by atoms with Gasteiger partial charge in [-0.15, -0.1) is 0 Å². The Balaban J connectivity index is 1.26. The van der Waals surface area contributed by atoms with E-state index >= 15 is 0 Å². The molecular formula is C25H27N3O5. The van der Waals surface area contributed by atoms with E-state index in [9.17, 15) is 19.2 Å². The second kappa shape index (κ2) is 9.54. The number of rotatable bonds is 6. The Hall–Kier alpha value is -3.52. The van der Waals surface area contributed by atoms with Crippen molar-refractivity contribution in [2.75, 3.05) is 32.8 Å². The molecule has 2 aromatic carbocycles. The molecule has 1 saturated heterocycles. The zero-order valence-electron chi connectivity index (χ0n) is 18.8. The maximum absolute atomic E-state index is 12.7. The number of aryl methyl sites for hydroxylation is 1. The van der Waals surface area contributed by atoms with Crippen molar-refractivity contribution in [3.63, 3.8) is 0 Å². The molecule has 2 aliphatic rings. The minimum absolute atomic E-state index is 0.273. The van der Waals surface area contributed by atoms with Crippen molar-refractivity contribution in [2.45, 2.75) is 26.4 Å². The van der Waals surface area contributed by atoms with Crippen LogP contribution in [0, 0.1) is 6.92 Å². The van der Waals surface area contributed by atoms with Crippen molar-refractivity contribution in [1.82, 2.24) is 14.7 Å². The molecule has 0 spiro atoms. The third kappa shape index (κ3) is 4.80. The standard InChI is InChI=1S/C25H27N3O5/c1-17-8-9-20-21(14-17)24(31)28(23(20)30)18(2)25(32)33-16-22(29)27-12-10-26(11-13-27)15-19-6-4-3-5-7-19/h3-9,14,18H,10-13,15-16H2,1-2H3. The second-order valence-electron chi connectivity index (χ2n) is 8.46. The van der Waals surface area contributed by atoms with E-state index in [0.717, 1.165) is 30.1 Å². The Bertz CT molecular complexity index is 1080. The van der Waals surface area contributed by atoms with Gasteiger partial charge in [-0.25, -0.2) is 4.79 Å². The molecule has 8 heteroatoms. The second-order valence-corrected chi connectivity index (χ2v) is 8.46. The van der Waals surface area contributed by atoms with E-state index in [1.807, 2.05) is 25.1 Å². The summed E-state index contributed by atoms with van der Waals surface area (Å²) in [6.45, 7) is 6.25. The molecule has 8 nitrogen and oxygen atoms in total. The fourth-order valence-corrected chi connectivity index (χ4v) is 4.17. The molecular weight excluding hydrogens is 422 g/mol. The highest BCUT2D eigenvalue weighted by molar-refractivity contribution is 6.22. The summed E-state index contributed by atoms with van der Waals surface area (Å²) in [6.07, 6.45) is 0. The fraction of sp³-hybridized carbons (Fsp3) is 0.360. The number of amides is 3. The van der Waals surface area contributed by atoms with E-state index in [-0.39, 0.29) is 17.0 Å². The molecule has 2 heterocycles. The van der Waals surface area contributed by atoms with E-state index in [1.165, 1.54) is 12.5 Å². The molecule has 33 heavy (non-hydrogen) atoms. The highest BCUT2D eigenvalue weighted by Gasteiger charge is 2.41. The summed E-state index contributed by atoms with van der Waals surface area (Å²) < 4.78 is 5.18. The minimum Gasteiger partial charge on any atom is -0.454 e. The molecule has 172 valence electrons. The van der Waals surface area contributed by atoms with Crippen LogP contribution in [-0.2, 0) is 20.9 Å². The molecule has 0 N–H and O–H groups in total. The van der Waals surface area contributed by atoms with Crippen molar-refractivity contribution in [2.24, 2.45) is 0 Å². The van der Waals surface area contributed by atoms with Gasteiger partial charge in [0, 0.05) is 32.7 Å². The summed E-state index contributed by atoms with van der Waals surface area (Å²) in [6, 6.07) is 14.0. The summed E-state index contributed by atoms with van der Waals surface area (Å²) in [5, 5.41) is 0. The number of piperazine rings is 1. The van der Waals surface area contributed by atoms with Gasteiger partial charge in [0.05, 0.1) is 11.1 Å². The lowest BCUT2D eigenvalue weighted by Gasteiger charge is -2.34. The third-order valence-corrected chi connectivity index (χ3v) is 6.11. The minimum atomic E-state index is -1.12. The van der Waals surface area contributed by atoms with Crippen LogP contribution in [0.15, 0.2) is 48.5 Å². The van der Waals surface area contributed by atoms with Crippen LogP contribution < -0.4 is 0 Å². The van der Waals surface area contributed by atoms with Crippen molar-refractivity contribution < 1.29 is 23.9 Å². The molecule has 0 bridgehead atoms. The van der Waals surface area contributed by atoms with Gasteiger partial charge in [0.2, 0.25) is 0 Å². The molecule has 3 amide bonds. The number of ether oxygens (including phenoxy) is 1. The van der Waals surface area contributed by atoms with E-state index in [1.54, 1.807) is 23.1 Å². The van der Waals surface area contributed by atoms with E-state index in [2.05, 4.69) is 17.0 Å². The molecule has 1 atom stereocenters. The van der Waals surface area contributed by atoms with Gasteiger partial charge < -0.3 is 9.64 Å². The Labute approximate surface area is 192 Å². The summed E-state index contributed by atoms with van der Waals surface area (Å²) in [7, 11) is 0. The van der Waals surface area contributed by atoms with E-state index < -0.39 is 30.4 Å². The number of benzene rings is 2. The first-order valence-electron chi connectivity index (χ1n) is 11.0. The Morgan fingerprint density at radius 2 is 1.61 bits per heavy atom. The van der Waals surface area contributed by atoms with Crippen LogP contribution >= 0.6 is 0 Å². The number of esters is 1. The number of imide groups is 1. The van der Waals surface area contributed by atoms with Crippen LogP contribution in [0.1, 0.15) is 38.8 Å². The summed E-state index contributed by atoms with van der Waals surface area (Å²) in [4.78, 5) is 55.2. The quantitative estimate of drug-likeness (QED) is 0.494. The van der Waals surface area contributed by atoms with Crippen molar-refractivity contribution in [3.05, 3.63) is 70.8 Å². The number of hydrogen-bond donors (Lipinski definition) is 0. The molecule has 4 rings (SSSR count). The van der Waals surface area contributed by atoms with Crippen LogP contribution in [0.5, 0.6) is 0 Å². The Kier molecular flexibility index (Phi) is 6.55. The normalized spacial score (nSPS) is 17.2. The smallest absolute Gasteiger partial charge is 0.329 e. The van der Waals surface area contributed by atoms with Gasteiger partial charge in [-0.3, -0.25) is 24.2 Å². The van der Waals surface area contributed by atoms with Crippen LogP contribution in [0.25, 0.3) is 0 Å². The number of hydrogen-bond acceptors (Lipinski definition) is 6. The number of fused-ring (bicyclic) bond motifs is 1. The fourth-order valence-electron chi connectivity index (χ4n) is 4.17. The molecule has 0 aromatic heterocycles. The van der Waals surface area contributed by atoms with Gasteiger partial charge in [-0.05, 0) is 31.5 Å². The highest BCUT2D eigenvalue weighted by Crippen LogP contribution is 2.26. The van der Waals surface area contributed by atoms with Crippen LogP contribution in [-0.4, -0.2) is 77.2 Å². The lowest BCUT2D eigenvalue weighted by atomic mass is 10.1. The molecule has 1 fully saturated rings. The first kappa shape index (κ1) is 22.7. The van der Waals surface area contributed by atoms with Crippen molar-refractivity contribution in [3.8, 4) is 0 Å².